The van der Waals surface area contributed by atoms with Gasteiger partial charge in [0.05, 0.1) is 28.9 Å². The molecule has 3 unspecified atom stereocenters. The number of benzene rings is 1. The van der Waals surface area contributed by atoms with Gasteiger partial charge in [0.1, 0.15) is 0 Å². The van der Waals surface area contributed by atoms with E-state index in [1.165, 1.54) is 0 Å². The second-order valence-corrected chi connectivity index (χ2v) is 11.6. The molecule has 2 aromatic rings. The van der Waals surface area contributed by atoms with Crippen molar-refractivity contribution in [2.24, 2.45) is 22.6 Å². The van der Waals surface area contributed by atoms with E-state index in [1.54, 1.807) is 32.5 Å². The molecule has 1 aliphatic heterocycles. The second kappa shape index (κ2) is 13.5. The van der Waals surface area contributed by atoms with Gasteiger partial charge in [-0.1, -0.05) is 50.6 Å². The van der Waals surface area contributed by atoms with Crippen LogP contribution in [0.5, 0.6) is 0 Å². The van der Waals surface area contributed by atoms with Gasteiger partial charge in [-0.15, -0.1) is 11.8 Å². The molecule has 3 rings (SSSR count). The molecule has 1 aliphatic rings. The van der Waals surface area contributed by atoms with Gasteiger partial charge in [-0.25, -0.2) is 9.98 Å². The number of aromatic nitrogens is 1. The number of rotatable bonds is 10. The average Bonchev–Trinajstić information content (AvgIpc) is 3.14. The van der Waals surface area contributed by atoms with Crippen molar-refractivity contribution < 1.29 is 14.6 Å². The van der Waals surface area contributed by atoms with Crippen LogP contribution in [0, 0.1) is 11.8 Å². The average molecular weight is 527 g/mol. The zero-order valence-corrected chi connectivity index (χ0v) is 23.6. The minimum atomic E-state index is -0.901. The summed E-state index contributed by atoms with van der Waals surface area (Å²) in [4.78, 5) is 24.3. The van der Waals surface area contributed by atoms with Crippen molar-refractivity contribution >= 4 is 28.5 Å². The molecule has 1 aromatic carbocycles. The first kappa shape index (κ1) is 29.3. The summed E-state index contributed by atoms with van der Waals surface area (Å²) in [5.74, 6) is -0.0417. The summed E-state index contributed by atoms with van der Waals surface area (Å²) in [7, 11) is 0. The Labute approximate surface area is 225 Å². The first-order valence-corrected chi connectivity index (χ1v) is 14.1. The Hall–Kier alpha value is -2.26. The molecule has 0 radical (unpaired) electrons. The molecular weight excluding hydrogens is 484 g/mol. The maximum Gasteiger partial charge on any atom is 0.226 e. The minimum absolute atomic E-state index is 0.0710. The Morgan fingerprint density at radius 1 is 1.19 bits per heavy atom. The molecule has 7 nitrogen and oxygen atoms in total. The van der Waals surface area contributed by atoms with Crippen LogP contribution in [0.3, 0.4) is 0 Å². The number of hydrogen-bond donors (Lipinski definition) is 2. The molecule has 1 amide bonds. The van der Waals surface area contributed by atoms with E-state index in [0.29, 0.717) is 16.8 Å². The van der Waals surface area contributed by atoms with Crippen molar-refractivity contribution in [3.05, 3.63) is 59.3 Å². The third-order valence-corrected chi connectivity index (χ3v) is 8.55. The molecule has 8 heteroatoms. The van der Waals surface area contributed by atoms with E-state index in [2.05, 4.69) is 30.9 Å². The molecule has 0 saturated carbocycles. The number of ether oxygens (including phenoxy) is 1. The summed E-state index contributed by atoms with van der Waals surface area (Å²) in [6.07, 6.45) is 1.99. The normalized spacial score (nSPS) is 18.2. The number of thioether (sulfide) groups is 1. The topological polar surface area (TPSA) is 101 Å². The van der Waals surface area contributed by atoms with Crippen LogP contribution < -0.4 is 5.73 Å². The highest BCUT2D eigenvalue weighted by Crippen LogP contribution is 2.41. The zero-order chi connectivity index (χ0) is 27.0. The lowest BCUT2D eigenvalue weighted by Gasteiger charge is -2.26. The fourth-order valence-corrected chi connectivity index (χ4v) is 5.64. The van der Waals surface area contributed by atoms with Crippen LogP contribution in [0.15, 0.2) is 47.5 Å². The highest BCUT2D eigenvalue weighted by molar-refractivity contribution is 8.14. The van der Waals surface area contributed by atoms with Gasteiger partial charge >= 0.3 is 0 Å². The first-order valence-electron chi connectivity index (χ1n) is 13.2. The van der Waals surface area contributed by atoms with E-state index < -0.39 is 17.4 Å². The van der Waals surface area contributed by atoms with Crippen LogP contribution in [0.2, 0.25) is 0 Å². The third kappa shape index (κ3) is 8.64. The van der Waals surface area contributed by atoms with Gasteiger partial charge in [0.15, 0.2) is 5.82 Å². The van der Waals surface area contributed by atoms with Crippen molar-refractivity contribution in [3.63, 3.8) is 0 Å². The second-order valence-electron chi connectivity index (χ2n) is 10.4. The van der Waals surface area contributed by atoms with Crippen LogP contribution in [-0.4, -0.2) is 52.2 Å². The van der Waals surface area contributed by atoms with Crippen molar-refractivity contribution in [1.82, 2.24) is 9.88 Å². The Morgan fingerprint density at radius 3 is 2.57 bits per heavy atom. The molecule has 0 aliphatic carbocycles. The molecule has 1 fully saturated rings. The number of aliphatic imine (C=N–C) groups is 1. The molecule has 1 saturated heterocycles. The van der Waals surface area contributed by atoms with Crippen LogP contribution >= 0.6 is 11.8 Å². The zero-order valence-electron chi connectivity index (χ0n) is 22.8. The number of primary amides is 1. The molecule has 1 aromatic heterocycles. The Bertz CT molecular complexity index is 1040. The summed E-state index contributed by atoms with van der Waals surface area (Å²) >= 11 is 1.58. The number of amides is 1. The predicted octanol–water partition coefficient (Wildman–Crippen LogP) is 5.20. The van der Waals surface area contributed by atoms with Gasteiger partial charge in [0, 0.05) is 31.5 Å². The number of hydrogen-bond acceptors (Lipinski definition) is 7. The quantitative estimate of drug-likeness (QED) is 0.326. The van der Waals surface area contributed by atoms with Crippen LogP contribution in [0.25, 0.3) is 0 Å². The standard InChI is InChI=1S/C29H42N4O3S/c1-6-20(2)26(22-11-13-23(14-12-22)29(4,5)35)37-28(21(3)27(30)34)32-25-10-7-9-24(31-25)19-33-15-8-17-36-18-16-33/h7,9-14,20-21,26,35H,6,8,15-19H2,1-5H3,(H2,30,34). The van der Waals surface area contributed by atoms with Crippen LogP contribution in [0.4, 0.5) is 5.82 Å². The molecule has 0 spiro atoms. The van der Waals surface area contributed by atoms with E-state index >= 15 is 0 Å². The number of carbonyl (C=O) groups excluding carboxylic acids is 1. The van der Waals surface area contributed by atoms with E-state index in [-0.39, 0.29) is 5.25 Å². The molecule has 202 valence electrons. The van der Waals surface area contributed by atoms with Gasteiger partial charge in [-0.05, 0) is 56.4 Å². The summed E-state index contributed by atoms with van der Waals surface area (Å²) in [6, 6.07) is 13.9. The Kier molecular flexibility index (Phi) is 10.7. The van der Waals surface area contributed by atoms with Gasteiger partial charge in [-0.2, -0.15) is 0 Å². The molecular formula is C29H42N4O3S. The lowest BCUT2D eigenvalue weighted by atomic mass is 9.93. The first-order chi connectivity index (χ1) is 17.6. The number of aliphatic hydroxyl groups is 1. The van der Waals surface area contributed by atoms with Gasteiger partial charge in [-0.3, -0.25) is 9.69 Å². The Morgan fingerprint density at radius 2 is 1.92 bits per heavy atom. The summed E-state index contributed by atoms with van der Waals surface area (Å²) < 4.78 is 5.57. The SMILES string of the molecule is CCC(C)C(SC(=Nc1cccc(CN2CCCOCC2)n1)C(C)C(N)=O)c1ccc(C(C)(C)O)cc1. The van der Waals surface area contributed by atoms with Gasteiger partial charge < -0.3 is 15.6 Å². The molecule has 3 atom stereocenters. The molecule has 3 N–H and O–H groups in total. The third-order valence-electron chi connectivity index (χ3n) is 6.87. The Balaban J connectivity index is 1.90. The van der Waals surface area contributed by atoms with Crippen molar-refractivity contribution in [1.29, 1.82) is 0 Å². The molecule has 37 heavy (non-hydrogen) atoms. The maximum atomic E-state index is 12.3. The monoisotopic (exact) mass is 526 g/mol. The summed E-state index contributed by atoms with van der Waals surface area (Å²) in [6.45, 7) is 13.9. The number of nitrogens with two attached hydrogens (primary N) is 1. The smallest absolute Gasteiger partial charge is 0.226 e. The lowest BCUT2D eigenvalue weighted by molar-refractivity contribution is -0.119. The predicted molar refractivity (Wildman–Crippen MR) is 152 cm³/mol. The summed E-state index contributed by atoms with van der Waals surface area (Å²) in [5, 5.41) is 11.1. The highest BCUT2D eigenvalue weighted by Gasteiger charge is 2.27. The van der Waals surface area contributed by atoms with Gasteiger partial charge in [0.25, 0.3) is 0 Å². The van der Waals surface area contributed by atoms with Crippen molar-refractivity contribution in [3.8, 4) is 0 Å². The largest absolute Gasteiger partial charge is 0.386 e. The van der Waals surface area contributed by atoms with Crippen molar-refractivity contribution in [2.45, 2.75) is 64.9 Å². The minimum Gasteiger partial charge on any atom is -0.386 e. The number of nitrogens with zero attached hydrogens (tertiary/aromatic N) is 3. The van der Waals surface area contributed by atoms with Gasteiger partial charge in [0.2, 0.25) is 5.91 Å². The van der Waals surface area contributed by atoms with Crippen LogP contribution in [0.1, 0.15) is 69.5 Å². The summed E-state index contributed by atoms with van der Waals surface area (Å²) in [5.41, 5.74) is 7.78. The van der Waals surface area contributed by atoms with E-state index in [0.717, 1.165) is 62.5 Å². The van der Waals surface area contributed by atoms with E-state index in [9.17, 15) is 9.90 Å². The molecule has 2 heterocycles. The number of carbonyl (C=O) groups is 1. The van der Waals surface area contributed by atoms with E-state index in [1.807, 2.05) is 30.3 Å². The van der Waals surface area contributed by atoms with E-state index in [4.69, 9.17) is 20.4 Å². The maximum absolute atomic E-state index is 12.3. The highest BCUT2D eigenvalue weighted by atomic mass is 32.2. The van der Waals surface area contributed by atoms with Crippen LogP contribution in [-0.2, 0) is 21.7 Å². The fraction of sp³-hybridized carbons (Fsp3) is 0.552. The van der Waals surface area contributed by atoms with Crippen molar-refractivity contribution in [2.75, 3.05) is 26.3 Å². The molecule has 0 bridgehead atoms. The fourth-order valence-electron chi connectivity index (χ4n) is 4.20. The number of pyridine rings is 1. The lowest BCUT2D eigenvalue weighted by Crippen LogP contribution is -2.27.